The van der Waals surface area contributed by atoms with Crippen LogP contribution in [0, 0.1) is 5.82 Å². The van der Waals surface area contributed by atoms with Gasteiger partial charge in [-0.15, -0.1) is 22.9 Å². The van der Waals surface area contributed by atoms with Gasteiger partial charge in [0.15, 0.2) is 0 Å². The maximum Gasteiger partial charge on any atom is 0.123 e. The highest BCUT2D eigenvalue weighted by Gasteiger charge is 2.12. The van der Waals surface area contributed by atoms with Gasteiger partial charge >= 0.3 is 0 Å². The maximum atomic E-state index is 12.7. The van der Waals surface area contributed by atoms with Gasteiger partial charge < -0.3 is 0 Å². The third-order valence-electron chi connectivity index (χ3n) is 2.01. The normalized spacial score (nSPS) is 12.7. The topological polar surface area (TPSA) is 0 Å². The van der Waals surface area contributed by atoms with Crippen LogP contribution in [0.25, 0.3) is 0 Å². The predicted molar refractivity (Wildman–Crippen MR) is 66.1 cm³/mol. The Morgan fingerprint density at radius 1 is 1.13 bits per heavy atom. The molecule has 0 saturated heterocycles. The zero-order valence-corrected chi connectivity index (χ0v) is 10.7. The minimum atomic E-state index is -0.241. The van der Waals surface area contributed by atoms with E-state index in [0.717, 1.165) is 14.2 Å². The summed E-state index contributed by atoms with van der Waals surface area (Å²) in [5, 5.41) is -0.207. The Balaban J connectivity index is 2.28. The van der Waals surface area contributed by atoms with Crippen LogP contribution in [-0.2, 0) is 0 Å². The Morgan fingerprint density at radius 2 is 1.80 bits per heavy atom. The van der Waals surface area contributed by atoms with Gasteiger partial charge in [0, 0.05) is 4.88 Å². The number of hydrogen-bond acceptors (Lipinski definition) is 1. The van der Waals surface area contributed by atoms with Crippen LogP contribution in [0.15, 0.2) is 40.2 Å². The summed E-state index contributed by atoms with van der Waals surface area (Å²) in [6.45, 7) is 0. The summed E-state index contributed by atoms with van der Waals surface area (Å²) >= 11 is 11.2. The molecular weight excluding hydrogens is 299 g/mol. The Hall–Kier alpha value is -0.380. The third-order valence-corrected chi connectivity index (χ3v) is 4.31. The Labute approximate surface area is 105 Å². The molecule has 4 heteroatoms. The van der Waals surface area contributed by atoms with E-state index in [0.29, 0.717) is 0 Å². The lowest BCUT2D eigenvalue weighted by Gasteiger charge is -2.06. The number of hydrogen-bond donors (Lipinski definition) is 0. The van der Waals surface area contributed by atoms with Gasteiger partial charge in [-0.25, -0.2) is 4.39 Å². The molecule has 2 aromatic rings. The summed E-state index contributed by atoms with van der Waals surface area (Å²) in [6, 6.07) is 10.2. The minimum absolute atomic E-state index is 0.207. The van der Waals surface area contributed by atoms with Crippen LogP contribution in [0.3, 0.4) is 0 Å². The van der Waals surface area contributed by atoms with Gasteiger partial charge in [0.1, 0.15) is 5.82 Å². The Kier molecular flexibility index (Phi) is 3.44. The average molecular weight is 306 g/mol. The highest BCUT2D eigenvalue weighted by atomic mass is 79.9. The number of rotatable bonds is 2. The Bertz CT molecular complexity index is 452. The third kappa shape index (κ3) is 2.60. The fourth-order valence-corrected chi connectivity index (χ4v) is 3.04. The van der Waals surface area contributed by atoms with Crippen molar-refractivity contribution in [2.45, 2.75) is 5.38 Å². The molecule has 0 nitrogen and oxygen atoms in total. The molecule has 1 unspecified atom stereocenters. The number of thiophene rings is 1. The lowest BCUT2D eigenvalue weighted by Crippen LogP contribution is -1.89. The predicted octanol–water partition coefficient (Wildman–Crippen LogP) is 4.98. The zero-order valence-electron chi connectivity index (χ0n) is 7.58. The van der Waals surface area contributed by atoms with Crippen LogP contribution >= 0.6 is 38.9 Å². The Morgan fingerprint density at radius 3 is 2.33 bits per heavy atom. The van der Waals surface area contributed by atoms with Crippen LogP contribution in [0.5, 0.6) is 0 Å². The van der Waals surface area contributed by atoms with Gasteiger partial charge in [-0.2, -0.15) is 0 Å². The van der Waals surface area contributed by atoms with E-state index in [4.69, 9.17) is 11.6 Å². The molecule has 2 rings (SSSR count). The standard InChI is InChI=1S/C11H7BrClFS/c12-10-6-5-9(15-10)11(13)7-1-3-8(14)4-2-7/h1-6,11H. The van der Waals surface area contributed by atoms with Crippen molar-refractivity contribution in [3.63, 3.8) is 0 Å². The molecule has 1 aromatic heterocycles. The van der Waals surface area contributed by atoms with E-state index in [1.165, 1.54) is 12.1 Å². The van der Waals surface area contributed by atoms with Gasteiger partial charge in [0.05, 0.1) is 9.16 Å². The maximum absolute atomic E-state index is 12.7. The first-order valence-corrected chi connectivity index (χ1v) is 6.36. The van der Waals surface area contributed by atoms with Crippen molar-refractivity contribution in [1.82, 2.24) is 0 Å². The highest BCUT2D eigenvalue weighted by molar-refractivity contribution is 9.11. The van der Waals surface area contributed by atoms with Gasteiger partial charge in [0.25, 0.3) is 0 Å². The summed E-state index contributed by atoms with van der Waals surface area (Å²) in [7, 11) is 0. The second kappa shape index (κ2) is 4.64. The second-order valence-electron chi connectivity index (χ2n) is 3.06. The van der Waals surface area contributed by atoms with Crippen molar-refractivity contribution in [2.24, 2.45) is 0 Å². The van der Waals surface area contributed by atoms with Crippen molar-refractivity contribution in [3.05, 3.63) is 56.4 Å². The summed E-state index contributed by atoms with van der Waals surface area (Å²) in [5.41, 5.74) is 0.910. The number of halogens is 3. The van der Waals surface area contributed by atoms with Crippen molar-refractivity contribution in [2.75, 3.05) is 0 Å². The van der Waals surface area contributed by atoms with Crippen LogP contribution in [0.4, 0.5) is 4.39 Å². The smallest absolute Gasteiger partial charge is 0.123 e. The van der Waals surface area contributed by atoms with Crippen molar-refractivity contribution in [3.8, 4) is 0 Å². The summed E-state index contributed by atoms with van der Waals surface area (Å²) < 4.78 is 13.8. The molecule has 78 valence electrons. The van der Waals surface area contributed by atoms with Crippen LogP contribution in [-0.4, -0.2) is 0 Å². The van der Waals surface area contributed by atoms with Crippen molar-refractivity contribution < 1.29 is 4.39 Å². The van der Waals surface area contributed by atoms with E-state index in [1.54, 1.807) is 23.5 Å². The molecule has 1 aromatic carbocycles. The lowest BCUT2D eigenvalue weighted by atomic mass is 10.1. The first-order valence-electron chi connectivity index (χ1n) is 4.31. The number of alkyl halides is 1. The van der Waals surface area contributed by atoms with E-state index < -0.39 is 0 Å². The first-order chi connectivity index (χ1) is 7.16. The fourth-order valence-electron chi connectivity index (χ4n) is 1.26. The monoisotopic (exact) mass is 304 g/mol. The molecule has 0 radical (unpaired) electrons. The summed E-state index contributed by atoms with van der Waals surface area (Å²) in [4.78, 5) is 1.05. The second-order valence-corrected chi connectivity index (χ2v) is 5.99. The molecule has 15 heavy (non-hydrogen) atoms. The minimum Gasteiger partial charge on any atom is -0.207 e. The molecular formula is C11H7BrClFS. The quantitative estimate of drug-likeness (QED) is 0.687. The van der Waals surface area contributed by atoms with Crippen molar-refractivity contribution >= 4 is 38.9 Å². The van der Waals surface area contributed by atoms with Crippen LogP contribution in [0.1, 0.15) is 15.8 Å². The van der Waals surface area contributed by atoms with Gasteiger partial charge in [-0.05, 0) is 45.8 Å². The molecule has 0 bridgehead atoms. The molecule has 0 aliphatic heterocycles. The zero-order chi connectivity index (χ0) is 10.8. The molecule has 0 aliphatic rings. The van der Waals surface area contributed by atoms with E-state index in [2.05, 4.69) is 15.9 Å². The molecule has 0 spiro atoms. The summed E-state index contributed by atoms with van der Waals surface area (Å²) in [6.07, 6.45) is 0. The summed E-state index contributed by atoms with van der Waals surface area (Å²) in [5.74, 6) is -0.241. The number of benzene rings is 1. The molecule has 0 aliphatic carbocycles. The first kappa shape index (κ1) is 11.1. The van der Waals surface area contributed by atoms with E-state index in [-0.39, 0.29) is 11.2 Å². The molecule has 0 fully saturated rings. The van der Waals surface area contributed by atoms with E-state index >= 15 is 0 Å². The molecule has 0 amide bonds. The fraction of sp³-hybridized carbons (Fsp3) is 0.0909. The molecule has 1 heterocycles. The highest BCUT2D eigenvalue weighted by Crippen LogP contribution is 2.35. The molecule has 0 N–H and O–H groups in total. The molecule has 1 atom stereocenters. The van der Waals surface area contributed by atoms with E-state index in [1.807, 2.05) is 12.1 Å². The van der Waals surface area contributed by atoms with Gasteiger partial charge in [-0.1, -0.05) is 12.1 Å². The van der Waals surface area contributed by atoms with Crippen LogP contribution < -0.4 is 0 Å². The SMILES string of the molecule is Fc1ccc(C(Cl)c2ccc(Br)s2)cc1. The van der Waals surface area contributed by atoms with Crippen molar-refractivity contribution in [1.29, 1.82) is 0 Å². The average Bonchev–Trinajstić information content (AvgIpc) is 2.65. The van der Waals surface area contributed by atoms with Gasteiger partial charge in [0.2, 0.25) is 0 Å². The largest absolute Gasteiger partial charge is 0.207 e. The van der Waals surface area contributed by atoms with Crippen LogP contribution in [0.2, 0.25) is 0 Å². The van der Waals surface area contributed by atoms with Gasteiger partial charge in [-0.3, -0.25) is 0 Å². The lowest BCUT2D eigenvalue weighted by molar-refractivity contribution is 0.627. The van der Waals surface area contributed by atoms with E-state index in [9.17, 15) is 4.39 Å². The molecule has 0 saturated carbocycles.